The molecule has 1 aliphatic heterocycles. The summed E-state index contributed by atoms with van der Waals surface area (Å²) in [4.78, 5) is 12.5. The molecule has 0 unspecified atom stereocenters. The summed E-state index contributed by atoms with van der Waals surface area (Å²) in [6.07, 6.45) is 0. The van der Waals surface area contributed by atoms with Crippen molar-refractivity contribution in [3.8, 4) is 5.75 Å². The van der Waals surface area contributed by atoms with E-state index in [-0.39, 0.29) is 5.82 Å². The fourth-order valence-corrected chi connectivity index (χ4v) is 3.16. The molecule has 1 saturated heterocycles. The van der Waals surface area contributed by atoms with Crippen molar-refractivity contribution in [2.75, 3.05) is 43.1 Å². The van der Waals surface area contributed by atoms with Gasteiger partial charge in [0.25, 0.3) is 0 Å². The maximum absolute atomic E-state index is 13.4. The highest BCUT2D eigenvalue weighted by molar-refractivity contribution is 5.77. The molecule has 3 aromatic rings. The third-order valence-electron chi connectivity index (χ3n) is 4.44. The van der Waals surface area contributed by atoms with Gasteiger partial charge in [-0.05, 0) is 24.3 Å². The third kappa shape index (κ3) is 2.64. The topological polar surface area (TPSA) is 44.4 Å². The number of ether oxygens (including phenoxy) is 1. The van der Waals surface area contributed by atoms with Crippen LogP contribution in [0.4, 0.5) is 16.0 Å². The van der Waals surface area contributed by atoms with Crippen molar-refractivity contribution in [1.82, 2.24) is 9.97 Å². The van der Waals surface area contributed by atoms with Crippen molar-refractivity contribution < 1.29 is 9.13 Å². The van der Waals surface area contributed by atoms with Crippen molar-refractivity contribution in [3.63, 3.8) is 0 Å². The Balaban J connectivity index is 1.50. The maximum Gasteiger partial charge on any atom is 0.203 e. The van der Waals surface area contributed by atoms with Crippen LogP contribution in [-0.2, 0) is 0 Å². The van der Waals surface area contributed by atoms with Crippen LogP contribution in [0.5, 0.6) is 5.75 Å². The Bertz CT molecular complexity index is 822. The van der Waals surface area contributed by atoms with Gasteiger partial charge in [0, 0.05) is 32.2 Å². The summed E-state index contributed by atoms with van der Waals surface area (Å²) in [6.45, 7) is 3.36. The van der Waals surface area contributed by atoms with Crippen LogP contribution in [0.1, 0.15) is 0 Å². The van der Waals surface area contributed by atoms with Crippen molar-refractivity contribution in [3.05, 3.63) is 48.3 Å². The number of methoxy groups -OCH3 is 1. The molecule has 2 heterocycles. The Morgan fingerprint density at radius 2 is 1.79 bits per heavy atom. The molecule has 4 rings (SSSR count). The van der Waals surface area contributed by atoms with Gasteiger partial charge in [0.2, 0.25) is 5.95 Å². The molecule has 0 bridgehead atoms. The molecular weight excluding hydrogens is 307 g/mol. The molecule has 0 spiro atoms. The van der Waals surface area contributed by atoms with Crippen LogP contribution < -0.4 is 14.5 Å². The zero-order valence-corrected chi connectivity index (χ0v) is 13.5. The molecule has 0 amide bonds. The normalized spacial score (nSPS) is 15.1. The number of aromatic amines is 1. The van der Waals surface area contributed by atoms with Gasteiger partial charge in [-0.25, -0.2) is 9.37 Å². The standard InChI is InChI=1S/C18H19FN4O/c1-24-17-12-13(19)6-7-16(17)22-8-10-23(11-9-22)18-20-14-4-2-3-5-15(14)21-18/h2-7,12H,8-11H2,1H3,(H,20,21). The molecule has 6 heteroatoms. The summed E-state index contributed by atoms with van der Waals surface area (Å²) >= 11 is 0. The minimum Gasteiger partial charge on any atom is -0.494 e. The average molecular weight is 326 g/mol. The van der Waals surface area contributed by atoms with Gasteiger partial charge >= 0.3 is 0 Å². The number of nitrogens with zero attached hydrogens (tertiary/aromatic N) is 3. The minimum atomic E-state index is -0.281. The monoisotopic (exact) mass is 326 g/mol. The number of H-pyrrole nitrogens is 1. The van der Waals surface area contributed by atoms with E-state index in [1.807, 2.05) is 24.3 Å². The van der Waals surface area contributed by atoms with Gasteiger partial charge in [-0.3, -0.25) is 0 Å². The van der Waals surface area contributed by atoms with E-state index in [1.165, 1.54) is 12.1 Å². The number of nitrogens with one attached hydrogen (secondary N) is 1. The molecule has 1 aromatic heterocycles. The first-order valence-corrected chi connectivity index (χ1v) is 8.03. The molecule has 2 aromatic carbocycles. The number of piperazine rings is 1. The van der Waals surface area contributed by atoms with E-state index in [9.17, 15) is 4.39 Å². The predicted octanol–water partition coefficient (Wildman–Crippen LogP) is 3.04. The number of halogens is 1. The SMILES string of the molecule is COc1cc(F)ccc1N1CCN(c2nc3ccccc3[nH]2)CC1. The molecule has 5 nitrogen and oxygen atoms in total. The van der Waals surface area contributed by atoms with E-state index in [0.29, 0.717) is 5.75 Å². The fraction of sp³-hybridized carbons (Fsp3) is 0.278. The van der Waals surface area contributed by atoms with E-state index in [1.54, 1.807) is 13.2 Å². The van der Waals surface area contributed by atoms with Crippen LogP contribution in [0.2, 0.25) is 0 Å². The van der Waals surface area contributed by atoms with E-state index in [4.69, 9.17) is 4.74 Å². The van der Waals surface area contributed by atoms with Gasteiger partial charge in [0.05, 0.1) is 23.8 Å². The molecule has 0 atom stereocenters. The number of aromatic nitrogens is 2. The fourth-order valence-electron chi connectivity index (χ4n) is 3.16. The third-order valence-corrected chi connectivity index (χ3v) is 4.44. The van der Waals surface area contributed by atoms with Crippen LogP contribution in [0.3, 0.4) is 0 Å². The number of anilines is 2. The molecule has 0 radical (unpaired) electrons. The number of para-hydroxylation sites is 2. The largest absolute Gasteiger partial charge is 0.494 e. The number of benzene rings is 2. The van der Waals surface area contributed by atoms with Gasteiger partial charge in [0.15, 0.2) is 0 Å². The van der Waals surface area contributed by atoms with Gasteiger partial charge < -0.3 is 19.5 Å². The zero-order valence-electron chi connectivity index (χ0n) is 13.5. The number of rotatable bonds is 3. The summed E-state index contributed by atoms with van der Waals surface area (Å²) < 4.78 is 18.7. The molecule has 0 saturated carbocycles. The van der Waals surface area contributed by atoms with E-state index >= 15 is 0 Å². The number of hydrogen-bond donors (Lipinski definition) is 1. The van der Waals surface area contributed by atoms with Gasteiger partial charge in [-0.2, -0.15) is 0 Å². The quantitative estimate of drug-likeness (QED) is 0.803. The lowest BCUT2D eigenvalue weighted by Crippen LogP contribution is -2.47. The van der Waals surface area contributed by atoms with Gasteiger partial charge in [-0.15, -0.1) is 0 Å². The Morgan fingerprint density at radius 1 is 1.04 bits per heavy atom. The lowest BCUT2D eigenvalue weighted by atomic mass is 10.2. The average Bonchev–Trinajstić information content (AvgIpc) is 3.06. The predicted molar refractivity (Wildman–Crippen MR) is 93.5 cm³/mol. The number of imidazole rings is 1. The van der Waals surface area contributed by atoms with Crippen molar-refractivity contribution in [2.24, 2.45) is 0 Å². The second kappa shape index (κ2) is 6.03. The van der Waals surface area contributed by atoms with Crippen LogP contribution >= 0.6 is 0 Å². The molecule has 0 aliphatic carbocycles. The number of hydrogen-bond acceptors (Lipinski definition) is 4. The summed E-state index contributed by atoms with van der Waals surface area (Å²) in [5.41, 5.74) is 2.97. The highest BCUT2D eigenvalue weighted by atomic mass is 19.1. The Hall–Kier alpha value is -2.76. The molecule has 24 heavy (non-hydrogen) atoms. The lowest BCUT2D eigenvalue weighted by Gasteiger charge is -2.36. The van der Waals surface area contributed by atoms with Crippen LogP contribution in [0, 0.1) is 5.82 Å². The van der Waals surface area contributed by atoms with Crippen LogP contribution in [0.15, 0.2) is 42.5 Å². The van der Waals surface area contributed by atoms with Crippen molar-refractivity contribution >= 4 is 22.7 Å². The van der Waals surface area contributed by atoms with Crippen LogP contribution in [0.25, 0.3) is 11.0 Å². The number of fused-ring (bicyclic) bond motifs is 1. The molecule has 1 aliphatic rings. The van der Waals surface area contributed by atoms with Crippen molar-refractivity contribution in [1.29, 1.82) is 0 Å². The summed E-state index contributed by atoms with van der Waals surface area (Å²) in [5, 5.41) is 0. The molecule has 1 N–H and O–H groups in total. The second-order valence-electron chi connectivity index (χ2n) is 5.87. The highest BCUT2D eigenvalue weighted by Crippen LogP contribution is 2.30. The zero-order chi connectivity index (χ0) is 16.5. The van der Waals surface area contributed by atoms with Gasteiger partial charge in [-0.1, -0.05) is 12.1 Å². The van der Waals surface area contributed by atoms with Gasteiger partial charge in [0.1, 0.15) is 11.6 Å². The summed E-state index contributed by atoms with van der Waals surface area (Å²) in [7, 11) is 1.57. The lowest BCUT2D eigenvalue weighted by molar-refractivity contribution is 0.410. The summed E-state index contributed by atoms with van der Waals surface area (Å²) in [5.74, 6) is 1.20. The second-order valence-corrected chi connectivity index (χ2v) is 5.87. The minimum absolute atomic E-state index is 0.281. The first-order valence-electron chi connectivity index (χ1n) is 8.03. The summed E-state index contributed by atoms with van der Waals surface area (Å²) in [6, 6.07) is 12.7. The molecule has 1 fully saturated rings. The Kier molecular flexibility index (Phi) is 3.72. The van der Waals surface area contributed by atoms with E-state index in [2.05, 4.69) is 19.8 Å². The Labute approximate surface area is 139 Å². The first-order chi connectivity index (χ1) is 11.7. The molecular formula is C18H19FN4O. The molecule has 124 valence electrons. The smallest absolute Gasteiger partial charge is 0.203 e. The van der Waals surface area contributed by atoms with E-state index < -0.39 is 0 Å². The Morgan fingerprint density at radius 3 is 2.54 bits per heavy atom. The van der Waals surface area contributed by atoms with Crippen LogP contribution in [-0.4, -0.2) is 43.3 Å². The first kappa shape index (κ1) is 14.8. The highest BCUT2D eigenvalue weighted by Gasteiger charge is 2.22. The maximum atomic E-state index is 13.4. The van der Waals surface area contributed by atoms with Crippen molar-refractivity contribution in [2.45, 2.75) is 0 Å². The van der Waals surface area contributed by atoms with E-state index in [0.717, 1.165) is 48.8 Å².